The third kappa shape index (κ3) is 4.15. The minimum atomic E-state index is -0.374. The van der Waals surface area contributed by atoms with Gasteiger partial charge in [0.25, 0.3) is 5.91 Å². The first-order valence-corrected chi connectivity index (χ1v) is 11.0. The van der Waals surface area contributed by atoms with Crippen molar-refractivity contribution in [1.82, 2.24) is 4.90 Å². The molecule has 0 aliphatic carbocycles. The van der Waals surface area contributed by atoms with E-state index in [0.717, 1.165) is 33.5 Å². The molecule has 4 heteroatoms. The first kappa shape index (κ1) is 20.7. The molecule has 4 aromatic rings. The fourth-order valence-corrected chi connectivity index (χ4v) is 4.41. The van der Waals surface area contributed by atoms with Gasteiger partial charge in [0.15, 0.2) is 0 Å². The SMILES string of the molecule is Cc1ccc2c(c1)[C@H](c1ccccc1)N(C(=O)c1ccc(-c3ccccc3)cc1)CC(=O)N2. The number of hydrogen-bond acceptors (Lipinski definition) is 2. The number of carbonyl (C=O) groups excluding carboxylic acids is 2. The van der Waals surface area contributed by atoms with E-state index in [1.165, 1.54) is 0 Å². The second kappa shape index (κ2) is 8.75. The van der Waals surface area contributed by atoms with E-state index in [1.807, 2.05) is 104 Å². The zero-order chi connectivity index (χ0) is 22.8. The highest BCUT2D eigenvalue weighted by atomic mass is 16.2. The van der Waals surface area contributed by atoms with E-state index in [4.69, 9.17) is 0 Å². The number of amides is 2. The molecule has 5 rings (SSSR count). The van der Waals surface area contributed by atoms with Crippen molar-refractivity contribution in [2.45, 2.75) is 13.0 Å². The fourth-order valence-electron chi connectivity index (χ4n) is 4.41. The zero-order valence-electron chi connectivity index (χ0n) is 18.4. The van der Waals surface area contributed by atoms with Gasteiger partial charge < -0.3 is 10.2 Å². The molecule has 2 amide bonds. The Morgan fingerprint density at radius 1 is 0.818 bits per heavy atom. The monoisotopic (exact) mass is 432 g/mol. The molecule has 162 valence electrons. The molecule has 0 unspecified atom stereocenters. The number of benzene rings is 4. The molecule has 1 heterocycles. The van der Waals surface area contributed by atoms with E-state index in [0.29, 0.717) is 5.56 Å². The number of aryl methyl sites for hydroxylation is 1. The summed E-state index contributed by atoms with van der Waals surface area (Å²) in [5.74, 6) is -0.374. The van der Waals surface area contributed by atoms with Gasteiger partial charge in [-0.15, -0.1) is 0 Å². The van der Waals surface area contributed by atoms with Gasteiger partial charge in [0, 0.05) is 16.8 Å². The van der Waals surface area contributed by atoms with E-state index in [-0.39, 0.29) is 24.4 Å². The first-order valence-electron chi connectivity index (χ1n) is 11.0. The Hall–Kier alpha value is -4.18. The minimum absolute atomic E-state index is 0.0213. The summed E-state index contributed by atoms with van der Waals surface area (Å²) in [6.45, 7) is 2.00. The zero-order valence-corrected chi connectivity index (χ0v) is 18.4. The van der Waals surface area contributed by atoms with Crippen LogP contribution >= 0.6 is 0 Å². The summed E-state index contributed by atoms with van der Waals surface area (Å²) in [7, 11) is 0. The van der Waals surface area contributed by atoms with Crippen LogP contribution in [-0.2, 0) is 4.79 Å². The van der Waals surface area contributed by atoms with Gasteiger partial charge in [0.2, 0.25) is 5.91 Å². The molecule has 4 aromatic carbocycles. The Bertz CT molecular complexity index is 1300. The number of carbonyl (C=O) groups is 2. The summed E-state index contributed by atoms with van der Waals surface area (Å²) in [5, 5.41) is 2.98. The summed E-state index contributed by atoms with van der Waals surface area (Å²) in [5.41, 5.74) is 6.40. The van der Waals surface area contributed by atoms with Crippen molar-refractivity contribution in [2.75, 3.05) is 11.9 Å². The lowest BCUT2D eigenvalue weighted by molar-refractivity contribution is -0.117. The van der Waals surface area contributed by atoms with Gasteiger partial charge in [-0.2, -0.15) is 0 Å². The standard InChI is InChI=1S/C29H24N2O2/c1-20-12-17-26-25(18-20)28(23-10-6-3-7-11-23)31(19-27(32)30-26)29(33)24-15-13-22(14-16-24)21-8-4-2-5-9-21/h2-18,28H,19H2,1H3,(H,30,32)/t28-/m0/s1. The lowest BCUT2D eigenvalue weighted by Gasteiger charge is -2.31. The van der Waals surface area contributed by atoms with Gasteiger partial charge in [-0.3, -0.25) is 9.59 Å². The maximum Gasteiger partial charge on any atom is 0.255 e. The number of rotatable bonds is 3. The van der Waals surface area contributed by atoms with Crippen LogP contribution in [-0.4, -0.2) is 23.3 Å². The number of nitrogens with zero attached hydrogens (tertiary/aromatic N) is 1. The molecule has 0 bridgehead atoms. The Balaban J connectivity index is 1.57. The molecule has 33 heavy (non-hydrogen) atoms. The molecule has 0 aromatic heterocycles. The molecule has 0 fully saturated rings. The maximum atomic E-state index is 13.8. The van der Waals surface area contributed by atoms with E-state index in [2.05, 4.69) is 11.4 Å². The largest absolute Gasteiger partial charge is 0.324 e. The van der Waals surface area contributed by atoms with Crippen molar-refractivity contribution < 1.29 is 9.59 Å². The molecule has 0 radical (unpaired) electrons. The predicted molar refractivity (Wildman–Crippen MR) is 131 cm³/mol. The quantitative estimate of drug-likeness (QED) is 0.442. The summed E-state index contributed by atoms with van der Waals surface area (Å²) in [4.78, 5) is 28.2. The number of hydrogen-bond donors (Lipinski definition) is 1. The van der Waals surface area contributed by atoms with Crippen molar-refractivity contribution in [1.29, 1.82) is 0 Å². The molecule has 0 spiro atoms. The molecular weight excluding hydrogens is 408 g/mol. The normalized spacial score (nSPS) is 15.4. The fraction of sp³-hybridized carbons (Fsp3) is 0.103. The lowest BCUT2D eigenvalue weighted by atomic mass is 9.94. The highest BCUT2D eigenvalue weighted by Gasteiger charge is 2.34. The van der Waals surface area contributed by atoms with Crippen molar-refractivity contribution in [3.63, 3.8) is 0 Å². The molecule has 1 atom stereocenters. The third-order valence-electron chi connectivity index (χ3n) is 6.02. The summed E-state index contributed by atoms with van der Waals surface area (Å²) >= 11 is 0. The molecule has 4 nitrogen and oxygen atoms in total. The molecule has 1 aliphatic heterocycles. The highest BCUT2D eigenvalue weighted by Crippen LogP contribution is 2.37. The number of anilines is 1. The van der Waals surface area contributed by atoms with Gasteiger partial charge in [-0.25, -0.2) is 0 Å². The predicted octanol–water partition coefficient (Wildman–Crippen LogP) is 5.85. The van der Waals surface area contributed by atoms with Gasteiger partial charge >= 0.3 is 0 Å². The van der Waals surface area contributed by atoms with Gasteiger partial charge in [-0.05, 0) is 41.8 Å². The molecule has 1 aliphatic rings. The van der Waals surface area contributed by atoms with Crippen LogP contribution in [0.25, 0.3) is 11.1 Å². The van der Waals surface area contributed by atoms with Crippen LogP contribution in [0.5, 0.6) is 0 Å². The Morgan fingerprint density at radius 3 is 2.15 bits per heavy atom. The van der Waals surface area contributed by atoms with Crippen molar-refractivity contribution >= 4 is 17.5 Å². The van der Waals surface area contributed by atoms with E-state index in [1.54, 1.807) is 4.90 Å². The smallest absolute Gasteiger partial charge is 0.255 e. The van der Waals surface area contributed by atoms with Gasteiger partial charge in [-0.1, -0.05) is 90.5 Å². The minimum Gasteiger partial charge on any atom is -0.324 e. The lowest BCUT2D eigenvalue weighted by Crippen LogP contribution is -2.39. The molecule has 1 N–H and O–H groups in total. The first-order chi connectivity index (χ1) is 16.1. The maximum absolute atomic E-state index is 13.8. The summed E-state index contributed by atoms with van der Waals surface area (Å²) in [6.07, 6.45) is 0. The van der Waals surface area contributed by atoms with Crippen LogP contribution in [0.3, 0.4) is 0 Å². The van der Waals surface area contributed by atoms with Crippen LogP contribution in [0.1, 0.15) is 33.1 Å². The van der Waals surface area contributed by atoms with Crippen LogP contribution in [0, 0.1) is 6.92 Å². The second-order valence-electron chi connectivity index (χ2n) is 8.33. The Labute approximate surface area is 193 Å². The van der Waals surface area contributed by atoms with Crippen molar-refractivity contribution in [2.24, 2.45) is 0 Å². The van der Waals surface area contributed by atoms with Crippen LogP contribution < -0.4 is 5.32 Å². The summed E-state index contributed by atoms with van der Waals surface area (Å²) < 4.78 is 0. The van der Waals surface area contributed by atoms with Gasteiger partial charge in [0.05, 0.1) is 6.04 Å². The topological polar surface area (TPSA) is 49.4 Å². The van der Waals surface area contributed by atoms with Crippen LogP contribution in [0.4, 0.5) is 5.69 Å². The average Bonchev–Trinajstić information content (AvgIpc) is 3.00. The van der Waals surface area contributed by atoms with E-state index in [9.17, 15) is 9.59 Å². The second-order valence-corrected chi connectivity index (χ2v) is 8.33. The van der Waals surface area contributed by atoms with E-state index >= 15 is 0 Å². The van der Waals surface area contributed by atoms with E-state index < -0.39 is 0 Å². The highest BCUT2D eigenvalue weighted by molar-refractivity contribution is 6.01. The van der Waals surface area contributed by atoms with Gasteiger partial charge in [0.1, 0.15) is 6.54 Å². The Morgan fingerprint density at radius 2 is 1.45 bits per heavy atom. The number of fused-ring (bicyclic) bond motifs is 1. The third-order valence-corrected chi connectivity index (χ3v) is 6.02. The number of nitrogens with one attached hydrogen (secondary N) is 1. The van der Waals surface area contributed by atoms with Crippen LogP contribution in [0.15, 0.2) is 103 Å². The molecule has 0 saturated carbocycles. The van der Waals surface area contributed by atoms with Crippen molar-refractivity contribution in [3.8, 4) is 11.1 Å². The molecular formula is C29H24N2O2. The average molecular weight is 433 g/mol. The Kier molecular flexibility index (Phi) is 5.49. The summed E-state index contributed by atoms with van der Waals surface area (Å²) in [6, 6.07) is 33.1. The van der Waals surface area contributed by atoms with Crippen LogP contribution in [0.2, 0.25) is 0 Å². The molecule has 0 saturated heterocycles. The van der Waals surface area contributed by atoms with Crippen molar-refractivity contribution in [3.05, 3.63) is 125 Å².